The third-order valence-electron chi connectivity index (χ3n) is 6.29. The number of benzene rings is 2. The first kappa shape index (κ1) is 24.5. The highest BCUT2D eigenvalue weighted by Crippen LogP contribution is 2.43. The minimum absolute atomic E-state index is 0.0696. The summed E-state index contributed by atoms with van der Waals surface area (Å²) in [7, 11) is 0. The number of amides is 1. The van der Waals surface area contributed by atoms with Crippen molar-refractivity contribution < 1.29 is 23.1 Å². The van der Waals surface area contributed by atoms with E-state index in [9.17, 15) is 14.0 Å². The van der Waals surface area contributed by atoms with Gasteiger partial charge in [-0.3, -0.25) is 14.5 Å². The van der Waals surface area contributed by atoms with Gasteiger partial charge < -0.3 is 13.9 Å². The molecular weight excluding hydrogens is 475 g/mol. The van der Waals surface area contributed by atoms with Gasteiger partial charge in [0.25, 0.3) is 5.91 Å². The van der Waals surface area contributed by atoms with E-state index in [0.29, 0.717) is 41.8 Å². The molecule has 0 radical (unpaired) electrons. The van der Waals surface area contributed by atoms with Crippen molar-refractivity contribution in [1.82, 2.24) is 4.98 Å². The first-order valence-electron chi connectivity index (χ1n) is 12.4. The van der Waals surface area contributed by atoms with E-state index < -0.39 is 23.2 Å². The second kappa shape index (κ2) is 10.0. The molecule has 1 aliphatic rings. The van der Waals surface area contributed by atoms with Gasteiger partial charge in [0.1, 0.15) is 17.2 Å². The van der Waals surface area contributed by atoms with Crippen LogP contribution in [0.5, 0.6) is 11.5 Å². The van der Waals surface area contributed by atoms with Gasteiger partial charge in [0, 0.05) is 5.69 Å². The number of fused-ring (bicyclic) bond motifs is 2. The number of carbonyl (C=O) groups is 1. The van der Waals surface area contributed by atoms with Gasteiger partial charge in [0.2, 0.25) is 5.76 Å². The van der Waals surface area contributed by atoms with Gasteiger partial charge in [-0.25, -0.2) is 9.37 Å². The molecule has 5 rings (SSSR count). The van der Waals surface area contributed by atoms with Crippen molar-refractivity contribution >= 4 is 22.7 Å². The van der Waals surface area contributed by atoms with E-state index >= 15 is 0 Å². The van der Waals surface area contributed by atoms with Crippen molar-refractivity contribution in [1.29, 1.82) is 0 Å². The van der Waals surface area contributed by atoms with E-state index in [4.69, 9.17) is 13.9 Å². The van der Waals surface area contributed by atoms with Crippen LogP contribution >= 0.6 is 0 Å². The van der Waals surface area contributed by atoms with Crippen LogP contribution in [0.25, 0.3) is 11.0 Å². The molecule has 1 atom stereocenters. The number of unbranched alkanes of at least 4 members (excludes halogenated alkanes) is 1. The number of hydrogen-bond donors (Lipinski definition) is 0. The standard InChI is InChI=1S/C29H27FN2O5/c1-4-6-14-36-22-12-10-18(15-23(22)35-5-2)26-25-27(33)20-16-19(30)11-13-21(20)37-28(25)29(34)32(26)24-9-7-8-17(3)31-24/h7-13,15-16,26H,4-6,14H2,1-3H3. The topological polar surface area (TPSA) is 81.9 Å². The van der Waals surface area contributed by atoms with Crippen LogP contribution in [0.4, 0.5) is 10.2 Å². The summed E-state index contributed by atoms with van der Waals surface area (Å²) < 4.78 is 31.8. The molecule has 4 aromatic rings. The lowest BCUT2D eigenvalue weighted by molar-refractivity contribution is 0.0970. The Bertz CT molecular complexity index is 1550. The monoisotopic (exact) mass is 502 g/mol. The van der Waals surface area contributed by atoms with Gasteiger partial charge in [0.15, 0.2) is 16.9 Å². The van der Waals surface area contributed by atoms with Crippen molar-refractivity contribution in [3.8, 4) is 11.5 Å². The average Bonchev–Trinajstić information content (AvgIpc) is 3.18. The molecule has 37 heavy (non-hydrogen) atoms. The number of anilines is 1. The van der Waals surface area contributed by atoms with Gasteiger partial charge in [-0.1, -0.05) is 25.5 Å². The lowest BCUT2D eigenvalue weighted by Gasteiger charge is -2.25. The Morgan fingerprint density at radius 3 is 2.62 bits per heavy atom. The number of halogens is 1. The Labute approximate surface area is 213 Å². The van der Waals surface area contributed by atoms with E-state index in [1.54, 1.807) is 30.3 Å². The number of nitrogens with zero attached hydrogens (tertiary/aromatic N) is 2. The Kier molecular flexibility index (Phi) is 6.65. The Balaban J connectivity index is 1.72. The molecule has 0 saturated carbocycles. The fourth-order valence-electron chi connectivity index (χ4n) is 4.57. The number of hydrogen-bond acceptors (Lipinski definition) is 6. The van der Waals surface area contributed by atoms with E-state index in [-0.39, 0.29) is 22.3 Å². The quantitative estimate of drug-likeness (QED) is 0.277. The van der Waals surface area contributed by atoms with Gasteiger partial charge in [0.05, 0.1) is 30.2 Å². The first-order valence-corrected chi connectivity index (χ1v) is 12.4. The Hall–Kier alpha value is -4.20. The molecule has 3 heterocycles. The molecule has 0 bridgehead atoms. The number of pyridine rings is 1. The molecular formula is C29H27FN2O5. The Morgan fingerprint density at radius 1 is 1.03 bits per heavy atom. The predicted octanol–water partition coefficient (Wildman–Crippen LogP) is 5.96. The van der Waals surface area contributed by atoms with E-state index in [1.807, 2.05) is 19.9 Å². The number of ether oxygens (including phenoxy) is 2. The lowest BCUT2D eigenvalue weighted by atomic mass is 9.98. The highest BCUT2D eigenvalue weighted by Gasteiger charge is 2.44. The predicted molar refractivity (Wildman–Crippen MR) is 138 cm³/mol. The van der Waals surface area contributed by atoms with Crippen LogP contribution in [0.2, 0.25) is 0 Å². The van der Waals surface area contributed by atoms with Crippen molar-refractivity contribution in [3.63, 3.8) is 0 Å². The second-order valence-electron chi connectivity index (χ2n) is 8.87. The highest BCUT2D eigenvalue weighted by molar-refractivity contribution is 6.10. The van der Waals surface area contributed by atoms with E-state index in [2.05, 4.69) is 11.9 Å². The molecule has 1 unspecified atom stereocenters. The van der Waals surface area contributed by atoms with Gasteiger partial charge in [-0.05, 0) is 68.3 Å². The Morgan fingerprint density at radius 2 is 1.86 bits per heavy atom. The van der Waals surface area contributed by atoms with Crippen LogP contribution in [0.3, 0.4) is 0 Å². The van der Waals surface area contributed by atoms with Crippen LogP contribution in [-0.4, -0.2) is 24.1 Å². The third-order valence-corrected chi connectivity index (χ3v) is 6.29. The molecule has 2 aromatic carbocycles. The van der Waals surface area contributed by atoms with Crippen LogP contribution in [0, 0.1) is 12.7 Å². The van der Waals surface area contributed by atoms with Crippen LogP contribution in [0.1, 0.15) is 60.1 Å². The summed E-state index contributed by atoms with van der Waals surface area (Å²) in [5, 5.41) is 0.0696. The molecule has 0 spiro atoms. The molecule has 0 saturated heterocycles. The second-order valence-corrected chi connectivity index (χ2v) is 8.87. The molecule has 1 aliphatic heterocycles. The average molecular weight is 503 g/mol. The van der Waals surface area contributed by atoms with Gasteiger partial charge >= 0.3 is 0 Å². The fraction of sp³-hybridized carbons (Fsp3) is 0.276. The van der Waals surface area contributed by atoms with Crippen molar-refractivity contribution in [2.24, 2.45) is 0 Å². The normalized spacial score (nSPS) is 14.8. The van der Waals surface area contributed by atoms with Crippen LogP contribution in [-0.2, 0) is 0 Å². The zero-order valence-corrected chi connectivity index (χ0v) is 20.9. The SMILES string of the molecule is CCCCOc1ccc(C2c3c(oc4ccc(F)cc4c3=O)C(=O)N2c2cccc(C)n2)cc1OCC. The number of carbonyl (C=O) groups excluding carboxylic acids is 1. The minimum Gasteiger partial charge on any atom is -0.490 e. The van der Waals surface area contributed by atoms with Crippen molar-refractivity contribution in [2.45, 2.75) is 39.7 Å². The molecule has 0 N–H and O–H groups in total. The smallest absolute Gasteiger partial charge is 0.296 e. The van der Waals surface area contributed by atoms with Crippen molar-refractivity contribution in [3.05, 3.63) is 93.2 Å². The summed E-state index contributed by atoms with van der Waals surface area (Å²) in [6.07, 6.45) is 1.89. The van der Waals surface area contributed by atoms with E-state index in [1.165, 1.54) is 17.0 Å². The molecule has 0 fully saturated rings. The zero-order valence-electron chi connectivity index (χ0n) is 20.9. The summed E-state index contributed by atoms with van der Waals surface area (Å²) in [6, 6.07) is 13.5. The van der Waals surface area contributed by atoms with Crippen LogP contribution < -0.4 is 19.8 Å². The molecule has 2 aromatic heterocycles. The first-order chi connectivity index (χ1) is 17.9. The number of aryl methyl sites for hydroxylation is 1. The molecule has 190 valence electrons. The summed E-state index contributed by atoms with van der Waals surface area (Å²) in [6.45, 7) is 6.72. The van der Waals surface area contributed by atoms with Crippen LogP contribution in [0.15, 0.2) is 63.8 Å². The maximum absolute atomic E-state index is 14.1. The molecule has 8 heteroatoms. The largest absolute Gasteiger partial charge is 0.490 e. The minimum atomic E-state index is -0.857. The fourth-order valence-corrected chi connectivity index (χ4v) is 4.57. The van der Waals surface area contributed by atoms with E-state index in [0.717, 1.165) is 18.9 Å². The maximum atomic E-state index is 14.1. The number of aromatic nitrogens is 1. The molecule has 1 amide bonds. The lowest BCUT2D eigenvalue weighted by Crippen LogP contribution is -2.30. The maximum Gasteiger partial charge on any atom is 0.296 e. The number of rotatable bonds is 8. The molecule has 7 nitrogen and oxygen atoms in total. The van der Waals surface area contributed by atoms with Gasteiger partial charge in [-0.15, -0.1) is 0 Å². The van der Waals surface area contributed by atoms with Crippen molar-refractivity contribution in [2.75, 3.05) is 18.1 Å². The van der Waals surface area contributed by atoms with Gasteiger partial charge in [-0.2, -0.15) is 0 Å². The third kappa shape index (κ3) is 4.43. The summed E-state index contributed by atoms with van der Waals surface area (Å²) in [5.41, 5.74) is 1.14. The summed E-state index contributed by atoms with van der Waals surface area (Å²) in [5.74, 6) is 0.311. The highest BCUT2D eigenvalue weighted by atomic mass is 19.1. The zero-order chi connectivity index (χ0) is 26.1. The summed E-state index contributed by atoms with van der Waals surface area (Å²) >= 11 is 0. The molecule has 0 aliphatic carbocycles. The summed E-state index contributed by atoms with van der Waals surface area (Å²) in [4.78, 5) is 33.4.